The highest BCUT2D eigenvalue weighted by molar-refractivity contribution is 6.29. The smallest absolute Gasteiger partial charge is 0.129 e. The van der Waals surface area contributed by atoms with Crippen LogP contribution in [-0.2, 0) is 20.0 Å². The van der Waals surface area contributed by atoms with Crippen LogP contribution in [0.1, 0.15) is 18.3 Å². The monoisotopic (exact) mass is 261 g/mol. The van der Waals surface area contributed by atoms with Crippen molar-refractivity contribution in [1.82, 2.24) is 9.55 Å². The molecule has 1 atom stereocenters. The normalized spacial score (nSPS) is 18.2. The van der Waals surface area contributed by atoms with Crippen LogP contribution in [0.15, 0.2) is 30.5 Å². The number of rotatable bonds is 2. The van der Waals surface area contributed by atoms with Gasteiger partial charge < -0.3 is 9.47 Å². The van der Waals surface area contributed by atoms with E-state index in [-0.39, 0.29) is 0 Å². The van der Waals surface area contributed by atoms with Gasteiger partial charge in [-0.2, -0.15) is 0 Å². The molecule has 1 aromatic heterocycles. The SMILES string of the molecule is C[C@@H]1Cc2ccccc2N1Cc1ncc(Cl)n1C. The van der Waals surface area contributed by atoms with Crippen molar-refractivity contribution >= 4 is 17.3 Å². The van der Waals surface area contributed by atoms with Gasteiger partial charge >= 0.3 is 0 Å². The first-order valence-electron chi connectivity index (χ1n) is 6.17. The fourth-order valence-corrected chi connectivity index (χ4v) is 2.74. The summed E-state index contributed by atoms with van der Waals surface area (Å²) < 4.78 is 1.94. The highest BCUT2D eigenvalue weighted by Crippen LogP contribution is 2.32. The van der Waals surface area contributed by atoms with Crippen LogP contribution < -0.4 is 4.90 Å². The standard InChI is InChI=1S/C14H16ClN3/c1-10-7-11-5-3-4-6-12(11)18(10)9-14-16-8-13(15)17(14)2/h3-6,8,10H,7,9H2,1-2H3/t10-/m1/s1. The Morgan fingerprint density at radius 2 is 2.17 bits per heavy atom. The van der Waals surface area contributed by atoms with Crippen LogP contribution >= 0.6 is 11.6 Å². The van der Waals surface area contributed by atoms with Crippen molar-refractivity contribution in [3.05, 3.63) is 47.0 Å². The summed E-state index contributed by atoms with van der Waals surface area (Å²) in [5.74, 6) is 1.00. The van der Waals surface area contributed by atoms with Crippen LogP contribution in [0, 0.1) is 0 Å². The third-order valence-electron chi connectivity index (χ3n) is 3.69. The Balaban J connectivity index is 1.91. The summed E-state index contributed by atoms with van der Waals surface area (Å²) in [7, 11) is 1.96. The van der Waals surface area contributed by atoms with Gasteiger partial charge in [0.25, 0.3) is 0 Å². The van der Waals surface area contributed by atoms with Gasteiger partial charge in [-0.05, 0) is 25.0 Å². The zero-order chi connectivity index (χ0) is 12.7. The number of benzene rings is 1. The van der Waals surface area contributed by atoms with Gasteiger partial charge in [-0.25, -0.2) is 4.98 Å². The second-order valence-corrected chi connectivity index (χ2v) is 5.25. The highest BCUT2D eigenvalue weighted by atomic mass is 35.5. The number of fused-ring (bicyclic) bond motifs is 1. The van der Waals surface area contributed by atoms with E-state index in [1.54, 1.807) is 6.20 Å². The van der Waals surface area contributed by atoms with Crippen LogP contribution in [0.2, 0.25) is 5.15 Å². The van der Waals surface area contributed by atoms with E-state index in [4.69, 9.17) is 11.6 Å². The zero-order valence-electron chi connectivity index (χ0n) is 10.6. The van der Waals surface area contributed by atoms with E-state index >= 15 is 0 Å². The number of aromatic nitrogens is 2. The van der Waals surface area contributed by atoms with Crippen LogP contribution in [0.3, 0.4) is 0 Å². The molecule has 0 saturated heterocycles. The Morgan fingerprint density at radius 1 is 1.39 bits per heavy atom. The molecule has 3 rings (SSSR count). The molecule has 0 N–H and O–H groups in total. The van der Waals surface area contributed by atoms with Crippen molar-refractivity contribution in [3.8, 4) is 0 Å². The van der Waals surface area contributed by atoms with Gasteiger partial charge in [0.2, 0.25) is 0 Å². The molecule has 0 unspecified atom stereocenters. The van der Waals surface area contributed by atoms with Gasteiger partial charge in [0.05, 0.1) is 12.7 Å². The Kier molecular flexibility index (Phi) is 2.78. The summed E-state index contributed by atoms with van der Waals surface area (Å²) in [6.07, 6.45) is 2.82. The molecule has 1 aliphatic rings. The lowest BCUT2D eigenvalue weighted by atomic mass is 10.1. The number of anilines is 1. The quantitative estimate of drug-likeness (QED) is 0.829. The van der Waals surface area contributed by atoms with Gasteiger partial charge in [-0.15, -0.1) is 0 Å². The van der Waals surface area contributed by atoms with Gasteiger partial charge in [-0.3, -0.25) is 0 Å². The number of halogens is 1. The summed E-state index contributed by atoms with van der Waals surface area (Å²) in [6.45, 7) is 3.06. The molecule has 94 valence electrons. The van der Waals surface area contributed by atoms with Gasteiger partial charge in [0.1, 0.15) is 11.0 Å². The maximum Gasteiger partial charge on any atom is 0.129 e. The molecular formula is C14H16ClN3. The molecule has 0 fully saturated rings. The molecule has 1 aromatic carbocycles. The second kappa shape index (κ2) is 4.32. The maximum atomic E-state index is 6.03. The van der Waals surface area contributed by atoms with Crippen molar-refractivity contribution < 1.29 is 0 Å². The lowest BCUT2D eigenvalue weighted by Crippen LogP contribution is -2.29. The number of imidazole rings is 1. The first kappa shape index (κ1) is 11.6. The predicted octanol–water partition coefficient (Wildman–Crippen LogP) is 3.02. The topological polar surface area (TPSA) is 21.1 Å². The summed E-state index contributed by atoms with van der Waals surface area (Å²) in [6, 6.07) is 9.10. The third-order valence-corrected chi connectivity index (χ3v) is 4.04. The lowest BCUT2D eigenvalue weighted by molar-refractivity contribution is 0.640. The molecule has 3 nitrogen and oxygen atoms in total. The largest absolute Gasteiger partial charge is 0.361 e. The molecule has 0 spiro atoms. The molecule has 2 heterocycles. The molecule has 0 saturated carbocycles. The summed E-state index contributed by atoms with van der Waals surface area (Å²) in [5.41, 5.74) is 2.74. The number of para-hydroxylation sites is 1. The molecule has 0 bridgehead atoms. The first-order chi connectivity index (χ1) is 8.66. The van der Waals surface area contributed by atoms with E-state index < -0.39 is 0 Å². The van der Waals surface area contributed by atoms with Crippen molar-refractivity contribution in [1.29, 1.82) is 0 Å². The first-order valence-corrected chi connectivity index (χ1v) is 6.55. The molecule has 0 amide bonds. The van der Waals surface area contributed by atoms with Gasteiger partial charge in [0, 0.05) is 18.8 Å². The van der Waals surface area contributed by atoms with Gasteiger partial charge in [0.15, 0.2) is 0 Å². The second-order valence-electron chi connectivity index (χ2n) is 4.87. The molecule has 4 heteroatoms. The van der Waals surface area contributed by atoms with Crippen LogP contribution in [0.25, 0.3) is 0 Å². The summed E-state index contributed by atoms with van der Waals surface area (Å²) >= 11 is 6.03. The van der Waals surface area contributed by atoms with E-state index in [9.17, 15) is 0 Å². The molecule has 0 aliphatic carbocycles. The maximum absolute atomic E-state index is 6.03. The highest BCUT2D eigenvalue weighted by Gasteiger charge is 2.26. The minimum atomic E-state index is 0.512. The zero-order valence-corrected chi connectivity index (χ0v) is 11.4. The minimum absolute atomic E-state index is 0.512. The fraction of sp³-hybridized carbons (Fsp3) is 0.357. The van der Waals surface area contributed by atoms with Crippen LogP contribution in [0.4, 0.5) is 5.69 Å². The minimum Gasteiger partial charge on any atom is -0.361 e. The average molecular weight is 262 g/mol. The Hall–Kier alpha value is -1.48. The third kappa shape index (κ3) is 1.79. The summed E-state index contributed by atoms with van der Waals surface area (Å²) in [5, 5.41) is 0.685. The van der Waals surface area contributed by atoms with E-state index in [0.29, 0.717) is 11.2 Å². The predicted molar refractivity (Wildman–Crippen MR) is 74.0 cm³/mol. The Labute approximate surface area is 112 Å². The number of nitrogens with zero attached hydrogens (tertiary/aromatic N) is 3. The molecule has 18 heavy (non-hydrogen) atoms. The van der Waals surface area contributed by atoms with Crippen molar-refractivity contribution in [2.45, 2.75) is 25.9 Å². The van der Waals surface area contributed by atoms with E-state index in [1.165, 1.54) is 11.3 Å². The van der Waals surface area contributed by atoms with Crippen molar-refractivity contribution in [3.63, 3.8) is 0 Å². The van der Waals surface area contributed by atoms with Crippen molar-refractivity contribution in [2.75, 3.05) is 4.90 Å². The van der Waals surface area contributed by atoms with E-state index in [1.807, 2.05) is 11.6 Å². The average Bonchev–Trinajstić information content (AvgIpc) is 2.85. The van der Waals surface area contributed by atoms with E-state index in [2.05, 4.69) is 41.1 Å². The van der Waals surface area contributed by atoms with Gasteiger partial charge in [-0.1, -0.05) is 29.8 Å². The Bertz CT molecular complexity index is 576. The lowest BCUT2D eigenvalue weighted by Gasteiger charge is -2.24. The fourth-order valence-electron chi connectivity index (χ4n) is 2.59. The Morgan fingerprint density at radius 3 is 2.89 bits per heavy atom. The summed E-state index contributed by atoms with van der Waals surface area (Å²) in [4.78, 5) is 6.77. The number of hydrogen-bond donors (Lipinski definition) is 0. The van der Waals surface area contributed by atoms with Crippen molar-refractivity contribution in [2.24, 2.45) is 7.05 Å². The molecule has 1 aliphatic heterocycles. The van der Waals surface area contributed by atoms with Crippen LogP contribution in [0.5, 0.6) is 0 Å². The number of hydrogen-bond acceptors (Lipinski definition) is 2. The van der Waals surface area contributed by atoms with E-state index in [0.717, 1.165) is 18.8 Å². The van der Waals surface area contributed by atoms with Crippen LogP contribution in [-0.4, -0.2) is 15.6 Å². The molecule has 0 radical (unpaired) electrons. The molecular weight excluding hydrogens is 246 g/mol. The molecule has 2 aromatic rings.